The van der Waals surface area contributed by atoms with Crippen LogP contribution in [0.15, 0.2) is 21.3 Å². The van der Waals surface area contributed by atoms with Gasteiger partial charge in [-0.3, -0.25) is 0 Å². The number of hydrogen-bond donors (Lipinski definition) is 0. The Kier molecular flexibility index (Phi) is 5.11. The van der Waals surface area contributed by atoms with Crippen LogP contribution in [0.1, 0.15) is 50.3 Å². The predicted molar refractivity (Wildman–Crippen MR) is 95.2 cm³/mol. The number of benzene rings is 1. The van der Waals surface area contributed by atoms with Crippen molar-refractivity contribution < 1.29 is 18.7 Å². The van der Waals surface area contributed by atoms with E-state index in [1.807, 2.05) is 13.0 Å². The number of fused-ring (bicyclic) bond motifs is 3. The van der Waals surface area contributed by atoms with E-state index in [1.54, 1.807) is 19.9 Å². The van der Waals surface area contributed by atoms with Crippen LogP contribution in [0.3, 0.4) is 0 Å². The van der Waals surface area contributed by atoms with Crippen LogP contribution < -0.4 is 10.4 Å². The maximum Gasteiger partial charge on any atom is 0.347 e. The van der Waals surface area contributed by atoms with Gasteiger partial charge in [-0.2, -0.15) is 0 Å². The summed E-state index contributed by atoms with van der Waals surface area (Å²) in [6.07, 6.45) is 3.85. The zero-order valence-electron chi connectivity index (χ0n) is 15.0. The van der Waals surface area contributed by atoms with E-state index in [9.17, 15) is 9.59 Å². The van der Waals surface area contributed by atoms with E-state index in [2.05, 4.69) is 0 Å². The first-order valence-corrected chi connectivity index (χ1v) is 8.99. The summed E-state index contributed by atoms with van der Waals surface area (Å²) < 4.78 is 16.3. The highest BCUT2D eigenvalue weighted by Crippen LogP contribution is 2.32. The fourth-order valence-electron chi connectivity index (χ4n) is 3.40. The Hall–Kier alpha value is -2.30. The summed E-state index contributed by atoms with van der Waals surface area (Å²) in [5, 5.41) is 0.988. The van der Waals surface area contributed by atoms with Gasteiger partial charge < -0.3 is 13.9 Å². The van der Waals surface area contributed by atoms with Gasteiger partial charge in [0.25, 0.3) is 0 Å². The van der Waals surface area contributed by atoms with E-state index in [-0.39, 0.29) is 5.63 Å². The monoisotopic (exact) mass is 344 g/mol. The minimum Gasteiger partial charge on any atom is -0.479 e. The molecule has 1 aromatic heterocycles. The van der Waals surface area contributed by atoms with Crippen LogP contribution in [0, 0.1) is 0 Å². The molecule has 134 valence electrons. The van der Waals surface area contributed by atoms with Crippen molar-refractivity contribution in [1.29, 1.82) is 0 Å². The molecule has 2 aromatic rings. The third-order valence-electron chi connectivity index (χ3n) is 4.71. The average molecular weight is 344 g/mol. The Labute approximate surface area is 146 Å². The second-order valence-corrected chi connectivity index (χ2v) is 6.38. The Morgan fingerprint density at radius 3 is 2.60 bits per heavy atom. The lowest BCUT2D eigenvalue weighted by molar-refractivity contribution is -0.150. The van der Waals surface area contributed by atoms with Crippen LogP contribution in [-0.4, -0.2) is 18.7 Å². The predicted octanol–water partition coefficient (Wildman–Crippen LogP) is 3.56. The summed E-state index contributed by atoms with van der Waals surface area (Å²) in [5.74, 6) is 0.158. The SMILES string of the molecule is CCOC(=O)[C@@H](C)Oc1cc2oc(=O)c3c(c2cc1CC)CCCC3. The number of hydrogen-bond acceptors (Lipinski definition) is 5. The Balaban J connectivity index is 2.05. The second kappa shape index (κ2) is 7.30. The van der Waals surface area contributed by atoms with Crippen molar-refractivity contribution in [1.82, 2.24) is 0 Å². The van der Waals surface area contributed by atoms with Crippen LogP contribution in [0.5, 0.6) is 5.75 Å². The number of carbonyl (C=O) groups is 1. The van der Waals surface area contributed by atoms with Gasteiger partial charge in [-0.05, 0) is 63.1 Å². The minimum absolute atomic E-state index is 0.254. The number of carbonyl (C=O) groups excluding carboxylic acids is 1. The standard InChI is InChI=1S/C20H24O5/c1-4-13-10-16-14-8-6-7-9-15(14)20(22)25-18(16)11-17(13)24-12(3)19(21)23-5-2/h10-12H,4-9H2,1-3H3/t12-/m1/s1. The smallest absolute Gasteiger partial charge is 0.347 e. The molecule has 0 spiro atoms. The third-order valence-corrected chi connectivity index (χ3v) is 4.71. The molecule has 1 aliphatic carbocycles. The molecular formula is C20H24O5. The third kappa shape index (κ3) is 3.41. The lowest BCUT2D eigenvalue weighted by Gasteiger charge is -2.19. The topological polar surface area (TPSA) is 65.7 Å². The van der Waals surface area contributed by atoms with Crippen molar-refractivity contribution in [2.45, 2.75) is 59.0 Å². The number of ether oxygens (including phenoxy) is 2. The van der Waals surface area contributed by atoms with Crippen LogP contribution >= 0.6 is 0 Å². The Bertz CT molecular complexity index is 849. The zero-order valence-corrected chi connectivity index (χ0v) is 15.0. The summed E-state index contributed by atoms with van der Waals surface area (Å²) in [6.45, 7) is 5.76. The molecule has 0 saturated carbocycles. The van der Waals surface area contributed by atoms with E-state index in [0.29, 0.717) is 17.9 Å². The molecule has 1 atom stereocenters. The molecule has 0 radical (unpaired) electrons. The van der Waals surface area contributed by atoms with E-state index < -0.39 is 12.1 Å². The van der Waals surface area contributed by atoms with Gasteiger partial charge in [0.1, 0.15) is 11.3 Å². The molecule has 0 aliphatic heterocycles. The molecule has 0 saturated heterocycles. The molecule has 0 N–H and O–H groups in total. The lowest BCUT2D eigenvalue weighted by atomic mass is 9.90. The zero-order chi connectivity index (χ0) is 18.0. The highest BCUT2D eigenvalue weighted by Gasteiger charge is 2.21. The summed E-state index contributed by atoms with van der Waals surface area (Å²) in [5.41, 5.74) is 3.18. The normalized spacial score (nSPS) is 14.8. The van der Waals surface area contributed by atoms with Gasteiger partial charge in [-0.25, -0.2) is 9.59 Å². The molecule has 3 rings (SSSR count). The van der Waals surface area contributed by atoms with Crippen LogP contribution in [0.25, 0.3) is 11.0 Å². The van der Waals surface area contributed by atoms with E-state index >= 15 is 0 Å². The van der Waals surface area contributed by atoms with E-state index in [1.165, 1.54) is 0 Å². The van der Waals surface area contributed by atoms with Gasteiger partial charge >= 0.3 is 11.6 Å². The molecule has 5 nitrogen and oxygen atoms in total. The summed E-state index contributed by atoms with van der Waals surface area (Å²) in [6, 6.07) is 3.77. The van der Waals surface area contributed by atoms with Gasteiger partial charge in [-0.1, -0.05) is 6.92 Å². The fraction of sp³-hybridized carbons (Fsp3) is 0.500. The molecule has 1 aromatic carbocycles. The lowest BCUT2D eigenvalue weighted by Crippen LogP contribution is -2.26. The molecule has 0 bridgehead atoms. The number of aryl methyl sites for hydroxylation is 2. The van der Waals surface area contributed by atoms with Crippen LogP contribution in [-0.2, 0) is 28.8 Å². The first kappa shape index (κ1) is 17.5. The van der Waals surface area contributed by atoms with Crippen molar-refractivity contribution in [3.8, 4) is 5.75 Å². The highest BCUT2D eigenvalue weighted by atomic mass is 16.6. The first-order chi connectivity index (χ1) is 12.0. The maximum atomic E-state index is 12.3. The maximum absolute atomic E-state index is 12.3. The largest absolute Gasteiger partial charge is 0.479 e. The quantitative estimate of drug-likeness (QED) is 0.613. The van der Waals surface area contributed by atoms with Crippen molar-refractivity contribution >= 4 is 16.9 Å². The minimum atomic E-state index is -0.716. The molecule has 5 heteroatoms. The molecule has 0 unspecified atom stereocenters. The summed E-state index contributed by atoms with van der Waals surface area (Å²) in [4.78, 5) is 24.1. The van der Waals surface area contributed by atoms with Gasteiger partial charge in [0.2, 0.25) is 0 Å². The summed E-state index contributed by atoms with van der Waals surface area (Å²) in [7, 11) is 0. The number of esters is 1. The van der Waals surface area contributed by atoms with Crippen molar-refractivity contribution in [3.05, 3.63) is 39.2 Å². The molecule has 1 heterocycles. The Morgan fingerprint density at radius 1 is 1.20 bits per heavy atom. The van der Waals surface area contributed by atoms with Crippen molar-refractivity contribution in [2.75, 3.05) is 6.61 Å². The molecule has 1 aliphatic rings. The van der Waals surface area contributed by atoms with Crippen LogP contribution in [0.4, 0.5) is 0 Å². The first-order valence-electron chi connectivity index (χ1n) is 8.99. The van der Waals surface area contributed by atoms with Gasteiger partial charge in [0.15, 0.2) is 6.10 Å². The van der Waals surface area contributed by atoms with Gasteiger partial charge in [-0.15, -0.1) is 0 Å². The molecule has 25 heavy (non-hydrogen) atoms. The van der Waals surface area contributed by atoms with Crippen molar-refractivity contribution in [2.24, 2.45) is 0 Å². The average Bonchev–Trinajstić information content (AvgIpc) is 2.61. The molecule has 0 amide bonds. The second-order valence-electron chi connectivity index (χ2n) is 6.38. The van der Waals surface area contributed by atoms with Crippen molar-refractivity contribution in [3.63, 3.8) is 0 Å². The molecule has 0 fully saturated rings. The van der Waals surface area contributed by atoms with Gasteiger partial charge in [0.05, 0.1) is 6.61 Å². The number of rotatable bonds is 5. The fourth-order valence-corrected chi connectivity index (χ4v) is 3.40. The van der Waals surface area contributed by atoms with Crippen LogP contribution in [0.2, 0.25) is 0 Å². The Morgan fingerprint density at radius 2 is 1.92 bits per heavy atom. The van der Waals surface area contributed by atoms with E-state index in [4.69, 9.17) is 13.9 Å². The van der Waals surface area contributed by atoms with Gasteiger partial charge in [0, 0.05) is 17.0 Å². The van der Waals surface area contributed by atoms with E-state index in [0.717, 1.165) is 54.2 Å². The summed E-state index contributed by atoms with van der Waals surface area (Å²) >= 11 is 0. The highest BCUT2D eigenvalue weighted by molar-refractivity contribution is 5.84. The molecular weight excluding hydrogens is 320 g/mol.